The van der Waals surface area contributed by atoms with Crippen molar-refractivity contribution in [3.05, 3.63) is 29.8 Å². The second-order valence-corrected chi connectivity index (χ2v) is 5.94. The lowest BCUT2D eigenvalue weighted by molar-refractivity contribution is -0.140. The summed E-state index contributed by atoms with van der Waals surface area (Å²) in [6, 6.07) is 7.68. The SMILES string of the molecule is O=C(O)[C@@H]1C[C@@]12C(=O)N(CC1CC1)c1ccccc12. The molecule has 4 heteroatoms. The van der Waals surface area contributed by atoms with E-state index in [0.717, 1.165) is 17.8 Å². The first kappa shape index (κ1) is 11.0. The number of rotatable bonds is 3. The molecule has 1 aromatic carbocycles. The topological polar surface area (TPSA) is 57.6 Å². The fourth-order valence-electron chi connectivity index (χ4n) is 3.39. The first-order valence-electron chi connectivity index (χ1n) is 6.79. The Morgan fingerprint density at radius 2 is 2.11 bits per heavy atom. The first-order chi connectivity index (χ1) is 9.14. The van der Waals surface area contributed by atoms with E-state index in [4.69, 9.17) is 0 Å². The second kappa shape index (κ2) is 3.38. The predicted octanol–water partition coefficient (Wildman–Crippen LogP) is 1.79. The molecule has 2 fully saturated rings. The Morgan fingerprint density at radius 3 is 2.74 bits per heavy atom. The fourth-order valence-corrected chi connectivity index (χ4v) is 3.39. The molecule has 1 aliphatic heterocycles. The van der Waals surface area contributed by atoms with Gasteiger partial charge in [0.2, 0.25) is 5.91 Å². The molecule has 1 aromatic rings. The van der Waals surface area contributed by atoms with E-state index in [1.807, 2.05) is 29.2 Å². The van der Waals surface area contributed by atoms with E-state index in [1.165, 1.54) is 12.8 Å². The molecule has 2 saturated carbocycles. The summed E-state index contributed by atoms with van der Waals surface area (Å²) in [7, 11) is 0. The Morgan fingerprint density at radius 1 is 1.37 bits per heavy atom. The van der Waals surface area contributed by atoms with E-state index in [2.05, 4.69) is 0 Å². The molecule has 0 saturated heterocycles. The van der Waals surface area contributed by atoms with Gasteiger partial charge < -0.3 is 10.0 Å². The van der Waals surface area contributed by atoms with Crippen LogP contribution in [0.25, 0.3) is 0 Å². The summed E-state index contributed by atoms with van der Waals surface area (Å²) in [6.07, 6.45) is 2.82. The largest absolute Gasteiger partial charge is 0.481 e. The summed E-state index contributed by atoms with van der Waals surface area (Å²) in [5.41, 5.74) is 1.10. The highest BCUT2D eigenvalue weighted by Crippen LogP contribution is 2.62. The van der Waals surface area contributed by atoms with E-state index in [9.17, 15) is 14.7 Å². The Bertz CT molecular complexity index is 593. The number of para-hydroxylation sites is 1. The van der Waals surface area contributed by atoms with Gasteiger partial charge in [-0.3, -0.25) is 9.59 Å². The van der Waals surface area contributed by atoms with Gasteiger partial charge in [0.1, 0.15) is 0 Å². The van der Waals surface area contributed by atoms with Crippen LogP contribution in [-0.2, 0) is 15.0 Å². The third kappa shape index (κ3) is 1.34. The van der Waals surface area contributed by atoms with Crippen molar-refractivity contribution in [1.29, 1.82) is 0 Å². The zero-order valence-electron chi connectivity index (χ0n) is 10.5. The summed E-state index contributed by atoms with van der Waals surface area (Å²) < 4.78 is 0. The number of carboxylic acid groups (broad SMARTS) is 1. The van der Waals surface area contributed by atoms with Gasteiger partial charge in [-0.1, -0.05) is 18.2 Å². The molecular formula is C15H15NO3. The molecule has 1 spiro atoms. The van der Waals surface area contributed by atoms with Crippen molar-refractivity contribution in [2.45, 2.75) is 24.7 Å². The van der Waals surface area contributed by atoms with E-state index in [-0.39, 0.29) is 5.91 Å². The fraction of sp³-hybridized carbons (Fsp3) is 0.467. The van der Waals surface area contributed by atoms with Gasteiger partial charge >= 0.3 is 5.97 Å². The summed E-state index contributed by atoms with van der Waals surface area (Å²) in [5.74, 6) is -0.774. The van der Waals surface area contributed by atoms with E-state index >= 15 is 0 Å². The minimum atomic E-state index is -0.851. The van der Waals surface area contributed by atoms with Crippen LogP contribution in [-0.4, -0.2) is 23.5 Å². The van der Waals surface area contributed by atoms with Crippen LogP contribution in [0.15, 0.2) is 24.3 Å². The number of fused-ring (bicyclic) bond motifs is 2. The summed E-state index contributed by atoms with van der Waals surface area (Å²) in [4.78, 5) is 25.8. The van der Waals surface area contributed by atoms with Gasteiger partial charge in [-0.15, -0.1) is 0 Å². The highest BCUT2D eigenvalue weighted by Gasteiger charge is 2.70. The lowest BCUT2D eigenvalue weighted by Crippen LogP contribution is -2.35. The van der Waals surface area contributed by atoms with Crippen LogP contribution in [0.4, 0.5) is 5.69 Å². The lowest BCUT2D eigenvalue weighted by atomic mass is 9.95. The number of aliphatic carboxylic acids is 1. The molecule has 1 amide bonds. The average Bonchev–Trinajstić information content (AvgIpc) is 3.28. The molecule has 0 unspecified atom stereocenters. The van der Waals surface area contributed by atoms with Crippen molar-refractivity contribution < 1.29 is 14.7 Å². The molecule has 0 radical (unpaired) electrons. The zero-order valence-corrected chi connectivity index (χ0v) is 10.5. The molecule has 4 rings (SSSR count). The Balaban J connectivity index is 1.78. The highest BCUT2D eigenvalue weighted by atomic mass is 16.4. The normalized spacial score (nSPS) is 31.7. The number of anilines is 1. The van der Waals surface area contributed by atoms with Crippen molar-refractivity contribution in [3.8, 4) is 0 Å². The second-order valence-electron chi connectivity index (χ2n) is 5.94. The molecule has 2 aliphatic carbocycles. The number of hydrogen-bond donors (Lipinski definition) is 1. The van der Waals surface area contributed by atoms with Crippen molar-refractivity contribution in [3.63, 3.8) is 0 Å². The van der Waals surface area contributed by atoms with Crippen LogP contribution in [0.5, 0.6) is 0 Å². The first-order valence-corrected chi connectivity index (χ1v) is 6.79. The molecule has 4 nitrogen and oxygen atoms in total. The number of carboxylic acids is 1. The number of carbonyl (C=O) groups is 2. The molecule has 2 atom stereocenters. The molecule has 1 heterocycles. The van der Waals surface area contributed by atoms with Crippen LogP contribution in [0.1, 0.15) is 24.8 Å². The predicted molar refractivity (Wildman–Crippen MR) is 68.9 cm³/mol. The van der Waals surface area contributed by atoms with Crippen LogP contribution in [0, 0.1) is 11.8 Å². The molecule has 1 N–H and O–H groups in total. The van der Waals surface area contributed by atoms with Gasteiger partial charge in [-0.05, 0) is 36.8 Å². The summed E-state index contributed by atoms with van der Waals surface area (Å²) >= 11 is 0. The van der Waals surface area contributed by atoms with E-state index in [1.54, 1.807) is 0 Å². The van der Waals surface area contributed by atoms with Crippen molar-refractivity contribution in [2.75, 3.05) is 11.4 Å². The maximum Gasteiger partial charge on any atom is 0.307 e. The van der Waals surface area contributed by atoms with E-state index < -0.39 is 17.3 Å². The van der Waals surface area contributed by atoms with Crippen molar-refractivity contribution in [1.82, 2.24) is 0 Å². The third-order valence-electron chi connectivity index (χ3n) is 4.70. The minimum absolute atomic E-state index is 0.00741. The number of hydrogen-bond acceptors (Lipinski definition) is 2. The van der Waals surface area contributed by atoms with Crippen molar-refractivity contribution >= 4 is 17.6 Å². The summed E-state index contributed by atoms with van der Waals surface area (Å²) in [5, 5.41) is 9.23. The highest BCUT2D eigenvalue weighted by molar-refractivity contribution is 6.13. The minimum Gasteiger partial charge on any atom is -0.481 e. The van der Waals surface area contributed by atoms with Crippen molar-refractivity contribution in [2.24, 2.45) is 11.8 Å². The maximum absolute atomic E-state index is 12.7. The van der Waals surface area contributed by atoms with Gasteiger partial charge in [-0.2, -0.15) is 0 Å². The number of nitrogens with zero attached hydrogens (tertiary/aromatic N) is 1. The smallest absolute Gasteiger partial charge is 0.307 e. The molecular weight excluding hydrogens is 242 g/mol. The molecule has 0 bridgehead atoms. The van der Waals surface area contributed by atoms with Crippen LogP contribution < -0.4 is 4.90 Å². The third-order valence-corrected chi connectivity index (χ3v) is 4.70. The molecule has 0 aromatic heterocycles. The monoisotopic (exact) mass is 257 g/mol. The van der Waals surface area contributed by atoms with E-state index in [0.29, 0.717) is 12.3 Å². The average molecular weight is 257 g/mol. The van der Waals surface area contributed by atoms with Gasteiger partial charge in [0.05, 0.1) is 11.3 Å². The molecule has 19 heavy (non-hydrogen) atoms. The van der Waals surface area contributed by atoms with Gasteiger partial charge in [0, 0.05) is 12.2 Å². The maximum atomic E-state index is 12.7. The Labute approximate surface area is 111 Å². The van der Waals surface area contributed by atoms with Gasteiger partial charge in [0.25, 0.3) is 0 Å². The van der Waals surface area contributed by atoms with Crippen LogP contribution in [0.3, 0.4) is 0 Å². The quantitative estimate of drug-likeness (QED) is 0.898. The Hall–Kier alpha value is -1.84. The summed E-state index contributed by atoms with van der Waals surface area (Å²) in [6.45, 7) is 0.754. The Kier molecular flexibility index (Phi) is 1.96. The number of benzene rings is 1. The standard InChI is InChI=1S/C15H15NO3/c17-13(18)11-7-15(11)10-3-1-2-4-12(10)16(14(15)19)8-9-5-6-9/h1-4,9,11H,5-8H2,(H,17,18)/t11-,15-/m0/s1. The van der Waals surface area contributed by atoms with Crippen LogP contribution in [0.2, 0.25) is 0 Å². The van der Waals surface area contributed by atoms with Crippen LogP contribution >= 0.6 is 0 Å². The van der Waals surface area contributed by atoms with Gasteiger partial charge in [0.15, 0.2) is 0 Å². The number of carbonyl (C=O) groups excluding carboxylic acids is 1. The molecule has 98 valence electrons. The zero-order chi connectivity index (χ0) is 13.2. The molecule has 3 aliphatic rings. The lowest BCUT2D eigenvalue weighted by Gasteiger charge is -2.17. The van der Waals surface area contributed by atoms with Gasteiger partial charge in [-0.25, -0.2) is 0 Å². The number of amides is 1.